The molecule has 7 heteroatoms. The van der Waals surface area contributed by atoms with Crippen LogP contribution in [0.25, 0.3) is 22.1 Å². The fraction of sp³-hybridized carbons (Fsp3) is 0.250. The monoisotopic (exact) mass is 470 g/mol. The molecule has 0 aliphatic carbocycles. The lowest BCUT2D eigenvalue weighted by molar-refractivity contribution is 0.121. The van der Waals surface area contributed by atoms with Gasteiger partial charge in [0, 0.05) is 44.7 Å². The molecule has 0 unspecified atom stereocenters. The predicted octanol–water partition coefficient (Wildman–Crippen LogP) is 4.21. The highest BCUT2D eigenvalue weighted by Gasteiger charge is 2.22. The maximum absolute atomic E-state index is 12.8. The van der Waals surface area contributed by atoms with E-state index in [1.807, 2.05) is 42.5 Å². The van der Waals surface area contributed by atoms with E-state index in [-0.39, 0.29) is 12.5 Å². The number of nitrogens with zero attached hydrogens (tertiary/aromatic N) is 2. The summed E-state index contributed by atoms with van der Waals surface area (Å²) in [5, 5.41) is 11.4. The van der Waals surface area contributed by atoms with Crippen molar-refractivity contribution in [3.05, 3.63) is 88.3 Å². The van der Waals surface area contributed by atoms with Crippen molar-refractivity contribution in [1.82, 2.24) is 9.80 Å². The van der Waals surface area contributed by atoms with Crippen molar-refractivity contribution in [2.24, 2.45) is 0 Å². The summed E-state index contributed by atoms with van der Waals surface area (Å²) in [6.07, 6.45) is 0. The number of rotatable bonds is 5. The van der Waals surface area contributed by atoms with Crippen LogP contribution in [-0.2, 0) is 13.1 Å². The normalized spacial score (nSPS) is 16.1. The van der Waals surface area contributed by atoms with Gasteiger partial charge >= 0.3 is 5.63 Å². The van der Waals surface area contributed by atoms with Gasteiger partial charge in [-0.25, -0.2) is 4.79 Å². The van der Waals surface area contributed by atoms with E-state index in [0.29, 0.717) is 23.3 Å². The first-order chi connectivity index (χ1) is 17.1. The van der Waals surface area contributed by atoms with Crippen LogP contribution in [0.15, 0.2) is 75.9 Å². The van der Waals surface area contributed by atoms with Crippen LogP contribution in [0.2, 0.25) is 0 Å². The predicted molar refractivity (Wildman–Crippen MR) is 133 cm³/mol. The lowest BCUT2D eigenvalue weighted by Gasteiger charge is -2.34. The maximum atomic E-state index is 12.8. The molecule has 1 aromatic heterocycles. The second kappa shape index (κ2) is 9.09. The minimum Gasteiger partial charge on any atom is -0.507 e. The topological polar surface area (TPSA) is 75.4 Å². The molecule has 1 saturated heterocycles. The van der Waals surface area contributed by atoms with Crippen molar-refractivity contribution >= 4 is 11.0 Å². The van der Waals surface area contributed by atoms with Gasteiger partial charge in [-0.1, -0.05) is 36.4 Å². The van der Waals surface area contributed by atoms with Gasteiger partial charge in [0.2, 0.25) is 6.79 Å². The summed E-state index contributed by atoms with van der Waals surface area (Å²) in [4.78, 5) is 17.5. The van der Waals surface area contributed by atoms with Gasteiger partial charge < -0.3 is 19.0 Å². The molecule has 7 nitrogen and oxygen atoms in total. The number of phenols is 1. The van der Waals surface area contributed by atoms with E-state index in [4.69, 9.17) is 13.9 Å². The molecule has 0 atom stereocenters. The van der Waals surface area contributed by atoms with Crippen LogP contribution in [0.5, 0.6) is 17.2 Å². The summed E-state index contributed by atoms with van der Waals surface area (Å²) >= 11 is 0. The van der Waals surface area contributed by atoms with Gasteiger partial charge in [-0.15, -0.1) is 0 Å². The highest BCUT2D eigenvalue weighted by molar-refractivity contribution is 5.85. The minimum atomic E-state index is -0.399. The number of hydrogen-bond acceptors (Lipinski definition) is 7. The molecule has 1 fully saturated rings. The Hall–Kier alpha value is -3.81. The number of piperazine rings is 1. The standard InChI is InChI=1S/C28H26N2O5/c31-24-8-7-21-15-22(20-4-2-1-3-5-20)28(32)35-27(21)23(24)17-30-12-10-29(11-13-30)16-19-6-9-25-26(14-19)34-18-33-25/h1-9,14-15,31H,10-13,16-18H2. The van der Waals surface area contributed by atoms with Crippen LogP contribution in [-0.4, -0.2) is 47.9 Å². The Labute approximate surface area is 202 Å². The molecule has 0 spiro atoms. The highest BCUT2D eigenvalue weighted by Crippen LogP contribution is 2.33. The first-order valence-electron chi connectivity index (χ1n) is 11.8. The van der Waals surface area contributed by atoms with E-state index >= 15 is 0 Å². The van der Waals surface area contributed by atoms with Gasteiger partial charge in [0.05, 0.1) is 11.1 Å². The van der Waals surface area contributed by atoms with E-state index in [1.54, 1.807) is 12.1 Å². The molecule has 6 rings (SSSR count). The number of hydrogen-bond donors (Lipinski definition) is 1. The molecule has 4 aromatic rings. The summed E-state index contributed by atoms with van der Waals surface area (Å²) in [5.74, 6) is 1.76. The summed E-state index contributed by atoms with van der Waals surface area (Å²) in [5.41, 5.74) is 3.25. The third-order valence-electron chi connectivity index (χ3n) is 6.76. The number of phenolic OH excluding ortho intramolecular Hbond substituents is 1. The van der Waals surface area contributed by atoms with Crippen LogP contribution < -0.4 is 15.1 Å². The zero-order valence-electron chi connectivity index (χ0n) is 19.3. The molecule has 3 heterocycles. The molecule has 2 aliphatic rings. The minimum absolute atomic E-state index is 0.149. The zero-order chi connectivity index (χ0) is 23.8. The lowest BCUT2D eigenvalue weighted by atomic mass is 10.0. The van der Waals surface area contributed by atoms with Crippen molar-refractivity contribution in [2.45, 2.75) is 13.1 Å². The van der Waals surface area contributed by atoms with Crippen molar-refractivity contribution in [3.63, 3.8) is 0 Å². The van der Waals surface area contributed by atoms with Gasteiger partial charge in [-0.2, -0.15) is 0 Å². The third-order valence-corrected chi connectivity index (χ3v) is 6.76. The quantitative estimate of drug-likeness (QED) is 0.438. The first kappa shape index (κ1) is 21.7. The van der Waals surface area contributed by atoms with E-state index in [1.165, 1.54) is 5.56 Å². The highest BCUT2D eigenvalue weighted by atomic mass is 16.7. The molecule has 178 valence electrons. The second-order valence-electron chi connectivity index (χ2n) is 9.04. The Balaban J connectivity index is 1.17. The van der Waals surface area contributed by atoms with E-state index in [2.05, 4.69) is 21.9 Å². The Morgan fingerprint density at radius 3 is 2.34 bits per heavy atom. The van der Waals surface area contributed by atoms with E-state index < -0.39 is 5.63 Å². The number of benzene rings is 3. The lowest BCUT2D eigenvalue weighted by Crippen LogP contribution is -2.45. The summed E-state index contributed by atoms with van der Waals surface area (Å²) in [6.45, 7) is 5.17. The van der Waals surface area contributed by atoms with Crippen molar-refractivity contribution in [3.8, 4) is 28.4 Å². The second-order valence-corrected chi connectivity index (χ2v) is 9.04. The fourth-order valence-corrected chi connectivity index (χ4v) is 4.83. The molecule has 0 bridgehead atoms. The van der Waals surface area contributed by atoms with Crippen LogP contribution in [0.3, 0.4) is 0 Å². The van der Waals surface area contributed by atoms with Crippen LogP contribution in [0.4, 0.5) is 0 Å². The summed E-state index contributed by atoms with van der Waals surface area (Å²) in [7, 11) is 0. The smallest absolute Gasteiger partial charge is 0.344 e. The Bertz CT molecular complexity index is 1420. The largest absolute Gasteiger partial charge is 0.507 e. The Kier molecular flexibility index (Phi) is 5.64. The molecule has 0 amide bonds. The molecular weight excluding hydrogens is 444 g/mol. The Morgan fingerprint density at radius 1 is 0.800 bits per heavy atom. The number of fused-ring (bicyclic) bond motifs is 2. The number of ether oxygens (including phenoxy) is 2. The summed E-state index contributed by atoms with van der Waals surface area (Å²) in [6, 6.07) is 20.9. The van der Waals surface area contributed by atoms with Gasteiger partial charge in [-0.05, 0) is 41.5 Å². The van der Waals surface area contributed by atoms with Crippen molar-refractivity contribution in [2.75, 3.05) is 33.0 Å². The van der Waals surface area contributed by atoms with Crippen molar-refractivity contribution in [1.29, 1.82) is 0 Å². The molecule has 0 radical (unpaired) electrons. The molecule has 1 N–H and O–H groups in total. The maximum Gasteiger partial charge on any atom is 0.344 e. The fourth-order valence-electron chi connectivity index (χ4n) is 4.83. The van der Waals surface area contributed by atoms with Crippen molar-refractivity contribution < 1.29 is 19.0 Å². The molecule has 35 heavy (non-hydrogen) atoms. The average Bonchev–Trinajstić information content (AvgIpc) is 3.35. The van der Waals surface area contributed by atoms with E-state index in [0.717, 1.165) is 55.2 Å². The first-order valence-corrected chi connectivity index (χ1v) is 11.8. The SMILES string of the molecule is O=c1oc2c(CN3CCN(Cc4ccc5c(c4)OCO5)CC3)c(O)ccc2cc1-c1ccccc1. The molecule has 2 aliphatic heterocycles. The van der Waals surface area contributed by atoms with E-state index in [9.17, 15) is 9.90 Å². The molecule has 3 aromatic carbocycles. The van der Waals surface area contributed by atoms with Crippen LogP contribution >= 0.6 is 0 Å². The third kappa shape index (κ3) is 4.36. The zero-order valence-corrected chi connectivity index (χ0v) is 19.3. The number of aromatic hydroxyl groups is 1. The average molecular weight is 471 g/mol. The molecular formula is C28H26N2O5. The van der Waals surface area contributed by atoms with Gasteiger partial charge in [0.1, 0.15) is 11.3 Å². The van der Waals surface area contributed by atoms with Crippen LogP contribution in [0.1, 0.15) is 11.1 Å². The van der Waals surface area contributed by atoms with Gasteiger partial charge in [0.25, 0.3) is 0 Å². The van der Waals surface area contributed by atoms with Gasteiger partial charge in [0.15, 0.2) is 11.5 Å². The Morgan fingerprint density at radius 2 is 1.54 bits per heavy atom. The summed E-state index contributed by atoms with van der Waals surface area (Å²) < 4.78 is 16.7. The van der Waals surface area contributed by atoms with Crippen LogP contribution in [0, 0.1) is 0 Å². The van der Waals surface area contributed by atoms with Gasteiger partial charge in [-0.3, -0.25) is 9.80 Å². The molecule has 0 saturated carbocycles.